The van der Waals surface area contributed by atoms with Gasteiger partial charge < -0.3 is 14.4 Å². The number of furan rings is 1. The van der Waals surface area contributed by atoms with E-state index in [1.54, 1.807) is 30.6 Å². The van der Waals surface area contributed by atoms with Crippen molar-refractivity contribution >= 4 is 32.8 Å². The van der Waals surface area contributed by atoms with Gasteiger partial charge in [-0.15, -0.1) is 54.1 Å². The molecule has 4 aromatic heterocycles. The average molecular weight is 659 g/mol. The number of pyridine rings is 3. The minimum absolute atomic E-state index is 0. The fraction of sp³-hybridized carbons (Fsp3) is 0.0312. The Kier molecular flexibility index (Phi) is 6.14. The van der Waals surface area contributed by atoms with Crippen molar-refractivity contribution in [2.75, 3.05) is 0 Å². The number of hydrogen-bond acceptors (Lipinski definition) is 4. The number of rotatable bonds is 2. The maximum Gasteiger partial charge on any atom is 0.147 e. The van der Waals surface area contributed by atoms with E-state index in [9.17, 15) is 0 Å². The molecule has 0 saturated carbocycles. The maximum atomic E-state index is 7.23. The summed E-state index contributed by atoms with van der Waals surface area (Å²) < 4.78 is 27.9. The first-order valence-electron chi connectivity index (χ1n) is 12.9. The van der Waals surface area contributed by atoms with Crippen LogP contribution in [0.3, 0.4) is 0 Å². The zero-order valence-corrected chi connectivity index (χ0v) is 21.9. The smallest absolute Gasteiger partial charge is 0.147 e. The predicted octanol–water partition coefficient (Wildman–Crippen LogP) is 7.85. The van der Waals surface area contributed by atoms with Crippen LogP contribution in [-0.2, 0) is 20.1 Å². The van der Waals surface area contributed by atoms with Crippen molar-refractivity contribution in [2.45, 2.75) is 6.85 Å². The first kappa shape index (κ1) is 21.0. The van der Waals surface area contributed by atoms with E-state index in [2.05, 4.69) is 39.2 Å². The second-order valence-electron chi connectivity index (χ2n) is 8.14. The molecule has 0 aliphatic rings. The first-order valence-corrected chi connectivity index (χ1v) is 11.4. The zero-order chi connectivity index (χ0) is 26.8. The second-order valence-corrected chi connectivity index (χ2v) is 8.14. The van der Waals surface area contributed by atoms with Gasteiger partial charge in [0.2, 0.25) is 0 Å². The molecule has 0 fully saturated rings. The third-order valence-corrected chi connectivity index (χ3v) is 5.84. The first-order chi connectivity index (χ1) is 19.0. The van der Waals surface area contributed by atoms with E-state index in [0.29, 0.717) is 0 Å². The van der Waals surface area contributed by atoms with Crippen LogP contribution in [0.15, 0.2) is 114 Å². The van der Waals surface area contributed by atoms with Crippen molar-refractivity contribution in [1.82, 2.24) is 15.0 Å². The van der Waals surface area contributed by atoms with Crippen LogP contribution in [0.4, 0.5) is 0 Å². The Morgan fingerprint density at radius 1 is 0.703 bits per heavy atom. The van der Waals surface area contributed by atoms with E-state index in [0.717, 1.165) is 55.4 Å². The summed E-state index contributed by atoms with van der Waals surface area (Å²) in [6.07, 6.45) is 4.96. The van der Waals surface area contributed by atoms with Crippen molar-refractivity contribution in [2.24, 2.45) is 0 Å². The van der Waals surface area contributed by atoms with Gasteiger partial charge in [-0.3, -0.25) is 4.98 Å². The molecular formula is C32H21IrN3O-2. The van der Waals surface area contributed by atoms with E-state index >= 15 is 0 Å². The summed E-state index contributed by atoms with van der Waals surface area (Å²) in [4.78, 5) is 13.0. The minimum atomic E-state index is -2.09. The van der Waals surface area contributed by atoms with Crippen LogP contribution in [-0.4, -0.2) is 15.0 Å². The SMILES string of the molecule is [2H]C([2H])([2H])c1ccc(-c2[c-]cccc2)nc1.[Ir].[c-]1ccc2c(oc3c2ccc2cccnc23)c1-c1ccccn1. The summed E-state index contributed by atoms with van der Waals surface area (Å²) in [5, 5.41) is 3.20. The molecule has 5 heteroatoms. The molecule has 0 amide bonds. The molecule has 0 atom stereocenters. The van der Waals surface area contributed by atoms with E-state index in [1.807, 2.05) is 60.7 Å². The Bertz CT molecular complexity index is 1890. The molecule has 4 heterocycles. The molecule has 0 spiro atoms. The van der Waals surface area contributed by atoms with Crippen molar-refractivity contribution in [1.29, 1.82) is 0 Å². The second kappa shape index (κ2) is 10.8. The quantitative estimate of drug-likeness (QED) is 0.178. The van der Waals surface area contributed by atoms with Crippen LogP contribution in [0.25, 0.3) is 55.4 Å². The van der Waals surface area contributed by atoms with Crippen LogP contribution < -0.4 is 0 Å². The number of aryl methyl sites for hydroxylation is 1. The van der Waals surface area contributed by atoms with Gasteiger partial charge in [-0.2, -0.15) is 0 Å². The summed E-state index contributed by atoms with van der Waals surface area (Å²) >= 11 is 0. The molecule has 0 aliphatic heterocycles. The van der Waals surface area contributed by atoms with Gasteiger partial charge in [-0.05, 0) is 35.9 Å². The molecule has 1 radical (unpaired) electrons. The van der Waals surface area contributed by atoms with Crippen LogP contribution >= 0.6 is 0 Å². The van der Waals surface area contributed by atoms with Gasteiger partial charge in [0.15, 0.2) is 0 Å². The maximum absolute atomic E-state index is 7.23. The van der Waals surface area contributed by atoms with Crippen molar-refractivity contribution < 1.29 is 28.6 Å². The predicted molar refractivity (Wildman–Crippen MR) is 144 cm³/mol. The monoisotopic (exact) mass is 659 g/mol. The molecule has 7 rings (SSSR count). The van der Waals surface area contributed by atoms with Crippen molar-refractivity contribution in [3.8, 4) is 22.5 Å². The van der Waals surface area contributed by atoms with Gasteiger partial charge in [-0.1, -0.05) is 53.4 Å². The molecule has 0 unspecified atom stereocenters. The number of aromatic nitrogens is 3. The summed E-state index contributed by atoms with van der Waals surface area (Å²) in [6.45, 7) is -2.09. The molecule has 181 valence electrons. The zero-order valence-electron chi connectivity index (χ0n) is 22.5. The molecule has 4 nitrogen and oxygen atoms in total. The van der Waals surface area contributed by atoms with E-state index in [-0.39, 0.29) is 25.7 Å². The van der Waals surface area contributed by atoms with Crippen LogP contribution in [0, 0.1) is 19.0 Å². The number of hydrogen-bond donors (Lipinski definition) is 0. The van der Waals surface area contributed by atoms with E-state index < -0.39 is 6.85 Å². The Hall–Kier alpha value is -4.18. The average Bonchev–Trinajstić information content (AvgIpc) is 3.38. The molecule has 0 aliphatic carbocycles. The van der Waals surface area contributed by atoms with Gasteiger partial charge in [0.05, 0.1) is 5.58 Å². The molecule has 0 saturated heterocycles. The number of nitrogens with zero attached hydrogens (tertiary/aromatic N) is 3. The van der Waals surface area contributed by atoms with Crippen LogP contribution in [0.1, 0.15) is 9.68 Å². The Morgan fingerprint density at radius 2 is 1.59 bits per heavy atom. The fourth-order valence-electron chi connectivity index (χ4n) is 4.14. The molecule has 0 bridgehead atoms. The van der Waals surface area contributed by atoms with Gasteiger partial charge in [0, 0.05) is 53.6 Å². The van der Waals surface area contributed by atoms with Gasteiger partial charge >= 0.3 is 0 Å². The molecule has 3 aromatic carbocycles. The summed E-state index contributed by atoms with van der Waals surface area (Å²) in [7, 11) is 0. The van der Waals surface area contributed by atoms with Crippen molar-refractivity contribution in [3.63, 3.8) is 0 Å². The summed E-state index contributed by atoms with van der Waals surface area (Å²) in [5.74, 6) is 0. The van der Waals surface area contributed by atoms with E-state index in [1.165, 1.54) is 6.20 Å². The topological polar surface area (TPSA) is 51.8 Å². The fourth-order valence-corrected chi connectivity index (χ4v) is 4.14. The molecule has 0 N–H and O–H groups in total. The number of benzene rings is 3. The van der Waals surface area contributed by atoms with Gasteiger partial charge in [0.25, 0.3) is 0 Å². The van der Waals surface area contributed by atoms with Crippen molar-refractivity contribution in [3.05, 3.63) is 127 Å². The molecule has 7 aromatic rings. The van der Waals surface area contributed by atoms with Gasteiger partial charge in [0.1, 0.15) is 11.1 Å². The largest absolute Gasteiger partial charge is 0.498 e. The standard InChI is InChI=1S/C20H11N2O.C12H10N.Ir/c1-2-11-21-17(8-1)16-7-3-6-14-15-10-9-13-5-4-12-22-18(13)20(15)23-19(14)16;1-10-7-8-12(13-9-10)11-5-3-2-4-6-11;/h1-6,8-12H;2-5,7-9H,1H3;/q2*-1;/i;1D3;. The minimum Gasteiger partial charge on any atom is -0.498 e. The van der Waals surface area contributed by atoms with Crippen LogP contribution in [0.5, 0.6) is 0 Å². The normalized spacial score (nSPS) is 12.2. The van der Waals surface area contributed by atoms with Crippen LogP contribution in [0.2, 0.25) is 0 Å². The third-order valence-electron chi connectivity index (χ3n) is 5.84. The molecular weight excluding hydrogens is 635 g/mol. The Labute approximate surface area is 232 Å². The van der Waals surface area contributed by atoms with E-state index in [4.69, 9.17) is 8.53 Å². The number of fused-ring (bicyclic) bond motifs is 5. The Balaban J connectivity index is 0.000000168. The molecule has 37 heavy (non-hydrogen) atoms. The Morgan fingerprint density at radius 3 is 2.38 bits per heavy atom. The van der Waals surface area contributed by atoms with Gasteiger partial charge in [-0.25, -0.2) is 0 Å². The third kappa shape index (κ3) is 4.92. The summed E-state index contributed by atoms with van der Waals surface area (Å²) in [6, 6.07) is 35.0. The summed E-state index contributed by atoms with van der Waals surface area (Å²) in [5.41, 5.74) is 6.08.